The molecule has 0 fully saturated rings. The van der Waals surface area contributed by atoms with Gasteiger partial charge in [0.25, 0.3) is 0 Å². The van der Waals surface area contributed by atoms with Crippen LogP contribution in [0.2, 0.25) is 0 Å². The molecule has 0 heteroatoms. The van der Waals surface area contributed by atoms with Crippen molar-refractivity contribution in [3.63, 3.8) is 0 Å². The highest BCUT2D eigenvalue weighted by Crippen LogP contribution is 2.33. The first kappa shape index (κ1) is 20.9. The van der Waals surface area contributed by atoms with Gasteiger partial charge in [-0.05, 0) is 104 Å². The predicted octanol–water partition coefficient (Wildman–Crippen LogP) is 9.43. The first-order valence-corrected chi connectivity index (χ1v) is 12.6. The molecule has 0 atom stereocenters. The van der Waals surface area contributed by atoms with Crippen LogP contribution in [-0.2, 0) is 19.3 Å². The zero-order chi connectivity index (χ0) is 22.9. The summed E-state index contributed by atoms with van der Waals surface area (Å²) in [5, 5.41) is 11.0. The Hall–Kier alpha value is -3.64. The molecule has 0 amide bonds. The van der Waals surface area contributed by atoms with Gasteiger partial charge >= 0.3 is 0 Å². The number of rotatable bonds is 1. The van der Waals surface area contributed by atoms with E-state index in [2.05, 4.69) is 110 Å². The number of fused-ring (bicyclic) bond motifs is 7. The third-order valence-electron chi connectivity index (χ3n) is 7.48. The van der Waals surface area contributed by atoms with Crippen LogP contribution >= 0.6 is 0 Å². The maximum atomic E-state index is 2.35. The van der Waals surface area contributed by atoms with Crippen molar-refractivity contribution in [2.75, 3.05) is 0 Å². The SMILES string of the molecule is CCc1cccc2cc3ccccc3cc12.c1ccc2c(c1)ccc1c3c(ccc12)CCCC3. The predicted molar refractivity (Wildman–Crippen MR) is 149 cm³/mol. The average molecular weight is 439 g/mol. The van der Waals surface area contributed by atoms with E-state index < -0.39 is 0 Å². The molecule has 0 heterocycles. The Morgan fingerprint density at radius 3 is 2.06 bits per heavy atom. The Kier molecular flexibility index (Phi) is 5.51. The Morgan fingerprint density at radius 1 is 0.500 bits per heavy atom. The molecule has 0 nitrogen and oxygen atoms in total. The van der Waals surface area contributed by atoms with Crippen LogP contribution < -0.4 is 0 Å². The summed E-state index contributed by atoms with van der Waals surface area (Å²) in [4.78, 5) is 0. The molecule has 6 aromatic rings. The third-order valence-corrected chi connectivity index (χ3v) is 7.48. The molecule has 1 aliphatic rings. The lowest BCUT2D eigenvalue weighted by Gasteiger charge is -2.18. The lowest BCUT2D eigenvalue weighted by atomic mass is 9.86. The van der Waals surface area contributed by atoms with Crippen LogP contribution in [0.5, 0.6) is 0 Å². The van der Waals surface area contributed by atoms with E-state index in [9.17, 15) is 0 Å². The Labute approximate surface area is 201 Å². The third kappa shape index (κ3) is 3.74. The largest absolute Gasteiger partial charge is 0.0616 e. The lowest BCUT2D eigenvalue weighted by Crippen LogP contribution is -2.02. The standard InChI is InChI=1S/C18H16.C16H14/c1-3-7-15-13(5-1)9-11-18-16-8-4-2-6-14(16)10-12-17(15)18;1-2-12-8-5-9-15-10-13-6-3-4-7-14(13)11-16(12)15/h1,3,5,7,9-12H,2,4,6,8H2;3-11H,2H2,1H3. The summed E-state index contributed by atoms with van der Waals surface area (Å²) in [6.45, 7) is 2.21. The Balaban J connectivity index is 0.000000129. The van der Waals surface area contributed by atoms with E-state index in [-0.39, 0.29) is 0 Å². The van der Waals surface area contributed by atoms with Gasteiger partial charge < -0.3 is 0 Å². The summed E-state index contributed by atoms with van der Waals surface area (Å²) in [5.74, 6) is 0. The van der Waals surface area contributed by atoms with Crippen molar-refractivity contribution in [3.8, 4) is 0 Å². The second-order valence-electron chi connectivity index (χ2n) is 9.48. The smallest absolute Gasteiger partial charge is 0.0102 e. The van der Waals surface area contributed by atoms with Crippen molar-refractivity contribution in [1.29, 1.82) is 0 Å². The van der Waals surface area contributed by atoms with Gasteiger partial charge in [0.2, 0.25) is 0 Å². The fourth-order valence-electron chi connectivity index (χ4n) is 5.68. The van der Waals surface area contributed by atoms with Gasteiger partial charge in [0.1, 0.15) is 0 Å². The Bertz CT molecular complexity index is 1640. The quantitative estimate of drug-likeness (QED) is 0.177. The van der Waals surface area contributed by atoms with E-state index in [1.54, 1.807) is 11.1 Å². The summed E-state index contributed by atoms with van der Waals surface area (Å²) in [7, 11) is 0. The molecular weight excluding hydrogens is 408 g/mol. The fourth-order valence-corrected chi connectivity index (χ4v) is 5.68. The molecule has 166 valence electrons. The van der Waals surface area contributed by atoms with Gasteiger partial charge in [-0.3, -0.25) is 0 Å². The van der Waals surface area contributed by atoms with E-state index in [1.165, 1.54) is 74.3 Å². The van der Waals surface area contributed by atoms with Gasteiger partial charge in [-0.25, -0.2) is 0 Å². The van der Waals surface area contributed by atoms with Crippen molar-refractivity contribution in [3.05, 3.63) is 120 Å². The van der Waals surface area contributed by atoms with Crippen LogP contribution in [-0.4, -0.2) is 0 Å². The molecular formula is C34H30. The van der Waals surface area contributed by atoms with E-state index in [4.69, 9.17) is 0 Å². The van der Waals surface area contributed by atoms with Crippen molar-refractivity contribution in [2.24, 2.45) is 0 Å². The van der Waals surface area contributed by atoms with Gasteiger partial charge in [0.05, 0.1) is 0 Å². The van der Waals surface area contributed by atoms with Gasteiger partial charge in [-0.2, -0.15) is 0 Å². The number of hydrogen-bond acceptors (Lipinski definition) is 0. The highest BCUT2D eigenvalue weighted by molar-refractivity contribution is 6.08. The van der Waals surface area contributed by atoms with E-state index >= 15 is 0 Å². The van der Waals surface area contributed by atoms with Crippen molar-refractivity contribution < 1.29 is 0 Å². The first-order valence-electron chi connectivity index (χ1n) is 12.6. The topological polar surface area (TPSA) is 0 Å². The molecule has 0 spiro atoms. The van der Waals surface area contributed by atoms with Crippen molar-refractivity contribution >= 4 is 43.1 Å². The average Bonchev–Trinajstić information content (AvgIpc) is 2.91. The minimum atomic E-state index is 1.09. The van der Waals surface area contributed by atoms with Crippen LogP contribution in [0.15, 0.2) is 103 Å². The zero-order valence-electron chi connectivity index (χ0n) is 19.9. The minimum absolute atomic E-state index is 1.09. The summed E-state index contributed by atoms with van der Waals surface area (Å²) >= 11 is 0. The molecule has 0 N–H and O–H groups in total. The van der Waals surface area contributed by atoms with Crippen LogP contribution in [0, 0.1) is 0 Å². The minimum Gasteiger partial charge on any atom is -0.0616 e. The molecule has 0 aromatic heterocycles. The van der Waals surface area contributed by atoms with Gasteiger partial charge in [0.15, 0.2) is 0 Å². The van der Waals surface area contributed by atoms with Gasteiger partial charge in [0, 0.05) is 0 Å². The normalized spacial score (nSPS) is 13.1. The summed E-state index contributed by atoms with van der Waals surface area (Å²) in [6.07, 6.45) is 6.31. The second-order valence-corrected chi connectivity index (χ2v) is 9.48. The van der Waals surface area contributed by atoms with Gasteiger partial charge in [-0.15, -0.1) is 0 Å². The number of hydrogen-bond donors (Lipinski definition) is 0. The number of aryl methyl sites for hydroxylation is 3. The number of benzene rings is 6. The molecule has 7 rings (SSSR count). The van der Waals surface area contributed by atoms with Crippen LogP contribution in [0.4, 0.5) is 0 Å². The summed E-state index contributed by atoms with van der Waals surface area (Å²) < 4.78 is 0. The Morgan fingerprint density at radius 2 is 1.21 bits per heavy atom. The van der Waals surface area contributed by atoms with Crippen molar-refractivity contribution in [1.82, 2.24) is 0 Å². The molecule has 0 unspecified atom stereocenters. The van der Waals surface area contributed by atoms with Crippen LogP contribution in [0.3, 0.4) is 0 Å². The van der Waals surface area contributed by atoms with E-state index in [1.807, 2.05) is 0 Å². The second kappa shape index (κ2) is 8.95. The molecule has 1 aliphatic carbocycles. The maximum Gasteiger partial charge on any atom is -0.0102 e. The van der Waals surface area contributed by atoms with Crippen LogP contribution in [0.25, 0.3) is 43.1 Å². The summed E-state index contributed by atoms with van der Waals surface area (Å²) in [6, 6.07) is 37.7. The molecule has 34 heavy (non-hydrogen) atoms. The van der Waals surface area contributed by atoms with E-state index in [0.29, 0.717) is 0 Å². The highest BCUT2D eigenvalue weighted by Gasteiger charge is 2.13. The first-order chi connectivity index (χ1) is 16.8. The van der Waals surface area contributed by atoms with Gasteiger partial charge in [-0.1, -0.05) is 97.9 Å². The molecule has 0 bridgehead atoms. The fraction of sp³-hybridized carbons (Fsp3) is 0.176. The highest BCUT2D eigenvalue weighted by atomic mass is 14.2. The molecule has 0 radical (unpaired) electrons. The maximum absolute atomic E-state index is 2.35. The molecule has 0 saturated heterocycles. The molecule has 6 aromatic carbocycles. The van der Waals surface area contributed by atoms with Crippen molar-refractivity contribution in [2.45, 2.75) is 39.0 Å². The monoisotopic (exact) mass is 438 g/mol. The molecule has 0 aliphatic heterocycles. The zero-order valence-corrected chi connectivity index (χ0v) is 19.9. The van der Waals surface area contributed by atoms with Crippen LogP contribution in [0.1, 0.15) is 36.5 Å². The summed E-state index contributed by atoms with van der Waals surface area (Å²) in [5.41, 5.74) is 4.61. The lowest BCUT2D eigenvalue weighted by molar-refractivity contribution is 0.690. The molecule has 0 saturated carbocycles. The van der Waals surface area contributed by atoms with E-state index in [0.717, 1.165) is 6.42 Å².